The number of nitrogens with zero attached hydrogens (tertiary/aromatic N) is 3. The van der Waals surface area contributed by atoms with Gasteiger partial charge in [0.15, 0.2) is 11.6 Å². The van der Waals surface area contributed by atoms with Gasteiger partial charge in [0.05, 0.1) is 18.7 Å². The molecule has 4 bridgehead atoms. The van der Waals surface area contributed by atoms with Crippen LogP contribution in [0.2, 0.25) is 0 Å². The molecule has 9 N–H and O–H groups in total. The van der Waals surface area contributed by atoms with Gasteiger partial charge in [-0.25, -0.2) is 0 Å². The van der Waals surface area contributed by atoms with E-state index in [-0.39, 0.29) is 83.1 Å². The van der Waals surface area contributed by atoms with Gasteiger partial charge in [0, 0.05) is 75.5 Å². The summed E-state index contributed by atoms with van der Waals surface area (Å²) in [6, 6.07) is 6.88. The van der Waals surface area contributed by atoms with E-state index >= 15 is 0 Å². The number of amides is 4. The molecule has 0 radical (unpaired) electrons. The zero-order valence-corrected chi connectivity index (χ0v) is 37.7. The van der Waals surface area contributed by atoms with E-state index in [1.807, 2.05) is 6.07 Å². The first-order valence-corrected chi connectivity index (χ1v) is 22.7. The summed E-state index contributed by atoms with van der Waals surface area (Å²) in [4.78, 5) is 86.1. The average Bonchev–Trinajstić information content (AvgIpc) is 3.68. The summed E-state index contributed by atoms with van der Waals surface area (Å²) < 4.78 is 12.2. The summed E-state index contributed by atoms with van der Waals surface area (Å²) >= 11 is 0. The second-order valence-electron chi connectivity index (χ2n) is 16.8. The molecule has 2 aliphatic rings. The maximum atomic E-state index is 14.8. The fourth-order valence-corrected chi connectivity index (χ4v) is 8.32. The van der Waals surface area contributed by atoms with E-state index in [9.17, 15) is 39.1 Å². The Morgan fingerprint density at radius 1 is 0.953 bits per heavy atom. The summed E-state index contributed by atoms with van der Waals surface area (Å²) in [6.07, 6.45) is 6.90. The van der Waals surface area contributed by atoms with E-state index < -0.39 is 66.2 Å². The second-order valence-corrected chi connectivity index (χ2v) is 16.8. The molecular weight excluding hydrogens is 821 g/mol. The molecule has 4 rings (SSSR count). The lowest BCUT2D eigenvalue weighted by molar-refractivity contribution is -0.148. The van der Waals surface area contributed by atoms with E-state index in [0.29, 0.717) is 40.2 Å². The molecule has 17 nitrogen and oxygen atoms in total. The van der Waals surface area contributed by atoms with E-state index in [0.717, 1.165) is 32.1 Å². The Morgan fingerprint density at radius 3 is 2.23 bits per heavy atom. The van der Waals surface area contributed by atoms with Crippen LogP contribution >= 0.6 is 0 Å². The number of carbonyl (C=O) groups excluding carboxylic acids is 6. The second kappa shape index (κ2) is 25.8. The largest absolute Gasteiger partial charge is 0.492 e. The van der Waals surface area contributed by atoms with Crippen molar-refractivity contribution in [2.24, 2.45) is 23.1 Å². The Hall–Kier alpha value is -5.41. The Balaban J connectivity index is 1.74. The Labute approximate surface area is 376 Å². The van der Waals surface area contributed by atoms with Crippen LogP contribution in [0, 0.1) is 17.2 Å². The molecule has 350 valence electrons. The SMILES string of the molecule is CCCCCCCCCC(=O)N[C@H](CO)C(=O)N1CC(N)C[C@H]1C(=O)N(C)[C@@H]1C(=O)C[C@@H](C)C(=O)N[C@H](C(=O)CCC#N)Cc2ccc(OCCN)c(c2)-c2cc1ccc2OCCN. The number of unbranched alkanes of at least 4 members (excludes halogenated alkanes) is 6. The number of ketones is 2. The molecule has 2 aromatic carbocycles. The molecule has 0 spiro atoms. The molecule has 1 unspecified atom stereocenters. The van der Waals surface area contributed by atoms with Crippen LogP contribution in [0.3, 0.4) is 0 Å². The van der Waals surface area contributed by atoms with Gasteiger partial charge in [0.1, 0.15) is 42.8 Å². The van der Waals surface area contributed by atoms with E-state index in [4.69, 9.17) is 26.7 Å². The Bertz CT molecular complexity index is 1970. The van der Waals surface area contributed by atoms with Crippen LogP contribution in [0.25, 0.3) is 11.1 Å². The third-order valence-electron chi connectivity index (χ3n) is 11.8. The third-order valence-corrected chi connectivity index (χ3v) is 11.8. The summed E-state index contributed by atoms with van der Waals surface area (Å²) in [5.41, 5.74) is 20.1. The number of benzene rings is 2. The number of nitriles is 1. The van der Waals surface area contributed by atoms with Crippen molar-refractivity contribution in [3.63, 3.8) is 0 Å². The molecule has 6 atom stereocenters. The maximum absolute atomic E-state index is 14.8. The minimum atomic E-state index is -1.32. The van der Waals surface area contributed by atoms with Crippen LogP contribution < -0.4 is 37.3 Å². The fraction of sp³-hybridized carbons (Fsp3) is 0.596. The van der Waals surface area contributed by atoms with Gasteiger partial charge in [-0.1, -0.05) is 64.5 Å². The van der Waals surface area contributed by atoms with Crippen molar-refractivity contribution in [2.75, 3.05) is 46.5 Å². The molecule has 2 heterocycles. The zero-order chi connectivity index (χ0) is 46.8. The van der Waals surface area contributed by atoms with Crippen molar-refractivity contribution in [3.8, 4) is 28.7 Å². The van der Waals surface area contributed by atoms with Crippen molar-refractivity contribution in [3.05, 3.63) is 47.5 Å². The number of hydrogen-bond acceptors (Lipinski definition) is 13. The molecule has 64 heavy (non-hydrogen) atoms. The lowest BCUT2D eigenvalue weighted by Gasteiger charge is -2.34. The molecule has 0 aromatic heterocycles. The number of nitrogens with one attached hydrogen (secondary N) is 2. The van der Waals surface area contributed by atoms with Gasteiger partial charge in [-0.3, -0.25) is 28.8 Å². The van der Waals surface area contributed by atoms with Gasteiger partial charge in [0.2, 0.25) is 23.6 Å². The maximum Gasteiger partial charge on any atom is 0.248 e. The Morgan fingerprint density at radius 2 is 1.59 bits per heavy atom. The zero-order valence-electron chi connectivity index (χ0n) is 37.7. The van der Waals surface area contributed by atoms with Gasteiger partial charge < -0.3 is 52.2 Å². The number of aliphatic hydroxyl groups excluding tert-OH is 1. The number of ether oxygens (including phenoxy) is 2. The van der Waals surface area contributed by atoms with Gasteiger partial charge >= 0.3 is 0 Å². The highest BCUT2D eigenvalue weighted by Gasteiger charge is 2.44. The smallest absolute Gasteiger partial charge is 0.248 e. The highest BCUT2D eigenvalue weighted by atomic mass is 16.5. The molecule has 4 amide bonds. The van der Waals surface area contributed by atoms with Crippen LogP contribution in [0.4, 0.5) is 0 Å². The van der Waals surface area contributed by atoms with Crippen LogP contribution in [0.15, 0.2) is 36.4 Å². The number of rotatable bonds is 22. The number of aliphatic hydroxyl groups is 1. The minimum Gasteiger partial charge on any atom is -0.492 e. The first-order valence-electron chi connectivity index (χ1n) is 22.7. The van der Waals surface area contributed by atoms with E-state index in [1.165, 1.54) is 23.3 Å². The highest BCUT2D eigenvalue weighted by molar-refractivity contribution is 5.98. The first-order chi connectivity index (χ1) is 30.8. The van der Waals surface area contributed by atoms with Crippen molar-refractivity contribution >= 4 is 35.2 Å². The number of carbonyl (C=O) groups is 6. The van der Waals surface area contributed by atoms with E-state index in [2.05, 4.69) is 17.6 Å². The summed E-state index contributed by atoms with van der Waals surface area (Å²) in [7, 11) is 1.44. The van der Waals surface area contributed by atoms with E-state index in [1.54, 1.807) is 43.3 Å². The average molecular weight is 889 g/mol. The van der Waals surface area contributed by atoms with Gasteiger partial charge in [-0.05, 0) is 54.7 Å². The monoisotopic (exact) mass is 889 g/mol. The Kier molecular flexibility index (Phi) is 20.6. The molecule has 17 heteroatoms. The van der Waals surface area contributed by atoms with Crippen LogP contribution in [0.5, 0.6) is 11.5 Å². The summed E-state index contributed by atoms with van der Waals surface area (Å²) in [5.74, 6) is -3.26. The molecule has 0 saturated carbocycles. The van der Waals surface area contributed by atoms with Crippen LogP contribution in [-0.4, -0.2) is 121 Å². The van der Waals surface area contributed by atoms with Gasteiger partial charge in [-0.2, -0.15) is 5.26 Å². The minimum absolute atomic E-state index is 0.0312. The fourth-order valence-electron chi connectivity index (χ4n) is 8.32. The van der Waals surface area contributed by atoms with Crippen molar-refractivity contribution < 1.29 is 43.3 Å². The standard InChI is InChI=1S/C47H68N8O9/c1-4-5-6-7-8-9-10-13-43(59)52-37(29-56)46(61)55-28-33(51)27-38(55)47(62)54(3)44-32-15-17-42(64-22-20-50)35(26-32)34-24-31(14-16-41(34)63-21-19-49)25-36(39(57)12-11-18-48)53-45(60)30(2)23-40(44)58/h14-17,24,26,30,33,36-38,44,56H,4-13,19-23,25,27-29,49-51H2,1-3H3,(H,52,59)(H,53,60)/t30-,33?,36+,37-,38+,44+/m1/s1. The molecular formula is C47H68N8O9. The summed E-state index contributed by atoms with van der Waals surface area (Å²) in [5, 5.41) is 25.0. The first kappa shape index (κ1) is 51.2. The summed E-state index contributed by atoms with van der Waals surface area (Å²) in [6.45, 7) is 3.67. The number of likely N-dealkylation sites (tertiary alicyclic amines) is 1. The number of fused-ring (bicyclic) bond motifs is 5. The van der Waals surface area contributed by atoms with Crippen molar-refractivity contribution in [1.82, 2.24) is 20.4 Å². The van der Waals surface area contributed by atoms with Crippen LogP contribution in [0.1, 0.15) is 108 Å². The third kappa shape index (κ3) is 14.0. The normalized spacial score (nSPS) is 20.3. The molecule has 1 saturated heterocycles. The van der Waals surface area contributed by atoms with Gasteiger partial charge in [0.25, 0.3) is 0 Å². The number of Topliss-reactive ketones (excluding diaryl/α,β-unsaturated/α-hetero) is 2. The lowest BCUT2D eigenvalue weighted by atomic mass is 9.89. The topological polar surface area (TPSA) is 273 Å². The highest BCUT2D eigenvalue weighted by Crippen LogP contribution is 2.41. The number of likely N-dealkylation sites (N-methyl/N-ethyl adjacent to an activating group) is 1. The molecule has 1 fully saturated rings. The number of nitrogens with two attached hydrogens (primary N) is 3. The molecule has 2 aliphatic heterocycles. The lowest BCUT2D eigenvalue weighted by Crippen LogP contribution is -2.55. The van der Waals surface area contributed by atoms with Gasteiger partial charge in [-0.15, -0.1) is 0 Å². The number of hydrogen-bond donors (Lipinski definition) is 6. The molecule has 2 aromatic rings. The quantitative estimate of drug-likeness (QED) is 0.0930. The molecule has 0 aliphatic carbocycles. The van der Waals surface area contributed by atoms with Crippen LogP contribution in [-0.2, 0) is 35.2 Å². The predicted molar refractivity (Wildman–Crippen MR) is 240 cm³/mol. The van der Waals surface area contributed by atoms with Crippen molar-refractivity contribution in [1.29, 1.82) is 5.26 Å². The van der Waals surface area contributed by atoms with Crippen molar-refractivity contribution in [2.45, 2.75) is 128 Å². The predicted octanol–water partition coefficient (Wildman–Crippen LogP) is 2.58.